The van der Waals surface area contributed by atoms with Gasteiger partial charge in [-0.3, -0.25) is 39.5 Å². The van der Waals surface area contributed by atoms with E-state index in [0.717, 1.165) is 14.7 Å². The Hall–Kier alpha value is -5.62. The molecule has 200 valence electrons. The van der Waals surface area contributed by atoms with Crippen LogP contribution in [-0.2, 0) is 0 Å². The van der Waals surface area contributed by atoms with Crippen LogP contribution in [0.4, 0.5) is 11.4 Å². The van der Waals surface area contributed by atoms with E-state index in [-0.39, 0.29) is 33.5 Å². The molecular formula is C29H16N4O7S. The number of benzene rings is 4. The number of non-ortho nitro benzene ring substituents is 1. The van der Waals surface area contributed by atoms with E-state index < -0.39 is 34.5 Å². The minimum atomic E-state index is -0.798. The largest absolute Gasteiger partial charge is 0.280 e. The van der Waals surface area contributed by atoms with Crippen LogP contribution in [0.2, 0.25) is 0 Å². The summed E-state index contributed by atoms with van der Waals surface area (Å²) in [6.07, 6.45) is 0. The summed E-state index contributed by atoms with van der Waals surface area (Å²) in [4.78, 5) is 77.3. The first-order valence-corrected chi connectivity index (χ1v) is 12.9. The van der Waals surface area contributed by atoms with Crippen LogP contribution in [-0.4, -0.2) is 39.5 Å². The Morgan fingerprint density at radius 1 is 0.683 bits per heavy atom. The van der Waals surface area contributed by atoms with Crippen LogP contribution in [0.5, 0.6) is 0 Å². The highest BCUT2D eigenvalue weighted by Crippen LogP contribution is 2.33. The number of rotatable bonds is 6. The number of hydrogen-bond donors (Lipinski definition) is 1. The van der Waals surface area contributed by atoms with Crippen LogP contribution < -0.4 is 10.3 Å². The van der Waals surface area contributed by atoms with Gasteiger partial charge in [0.2, 0.25) is 0 Å². The van der Waals surface area contributed by atoms with Crippen molar-refractivity contribution in [2.45, 2.75) is 9.79 Å². The summed E-state index contributed by atoms with van der Waals surface area (Å²) in [5, 5.41) is 11.5. The van der Waals surface area contributed by atoms with Crippen molar-refractivity contribution in [1.29, 1.82) is 0 Å². The van der Waals surface area contributed by atoms with E-state index in [2.05, 4.69) is 5.43 Å². The molecule has 41 heavy (non-hydrogen) atoms. The highest BCUT2D eigenvalue weighted by molar-refractivity contribution is 7.99. The van der Waals surface area contributed by atoms with Gasteiger partial charge in [-0.1, -0.05) is 23.9 Å². The summed E-state index contributed by atoms with van der Waals surface area (Å²) in [6.45, 7) is 0. The lowest BCUT2D eigenvalue weighted by Gasteiger charge is -2.15. The number of amides is 5. The first-order valence-electron chi connectivity index (χ1n) is 12.1. The van der Waals surface area contributed by atoms with Gasteiger partial charge in [-0.25, -0.2) is 4.90 Å². The molecule has 0 bridgehead atoms. The van der Waals surface area contributed by atoms with Crippen molar-refractivity contribution in [1.82, 2.24) is 10.4 Å². The summed E-state index contributed by atoms with van der Waals surface area (Å²) in [5.74, 6) is -3.33. The van der Waals surface area contributed by atoms with E-state index in [4.69, 9.17) is 0 Å². The monoisotopic (exact) mass is 564 g/mol. The first-order chi connectivity index (χ1) is 19.7. The molecular weight excluding hydrogens is 548 g/mol. The van der Waals surface area contributed by atoms with Crippen molar-refractivity contribution in [3.8, 4) is 0 Å². The highest BCUT2D eigenvalue weighted by Gasteiger charge is 2.39. The van der Waals surface area contributed by atoms with E-state index in [1.54, 1.807) is 48.5 Å². The van der Waals surface area contributed by atoms with Crippen molar-refractivity contribution in [2.24, 2.45) is 0 Å². The van der Waals surface area contributed by atoms with Crippen LogP contribution in [0.1, 0.15) is 51.8 Å². The second-order valence-electron chi connectivity index (χ2n) is 8.99. The number of nitro groups is 1. The van der Waals surface area contributed by atoms with Gasteiger partial charge >= 0.3 is 0 Å². The van der Waals surface area contributed by atoms with E-state index in [1.807, 2.05) is 0 Å². The predicted octanol–water partition coefficient (Wildman–Crippen LogP) is 4.49. The number of nitrogens with one attached hydrogen (secondary N) is 1. The summed E-state index contributed by atoms with van der Waals surface area (Å²) < 4.78 is 0. The Kier molecular flexibility index (Phi) is 6.16. The molecule has 0 fully saturated rings. The molecule has 4 aromatic rings. The van der Waals surface area contributed by atoms with E-state index in [1.165, 1.54) is 54.2 Å². The Labute approximate surface area is 235 Å². The molecule has 6 rings (SSSR count). The van der Waals surface area contributed by atoms with Gasteiger partial charge in [-0.05, 0) is 66.7 Å². The van der Waals surface area contributed by atoms with Crippen molar-refractivity contribution < 1.29 is 28.9 Å². The number of imide groups is 2. The molecule has 2 heterocycles. The number of hydrogen-bond acceptors (Lipinski definition) is 8. The molecule has 0 radical (unpaired) electrons. The number of anilines is 1. The fourth-order valence-corrected chi connectivity index (χ4v) is 5.33. The number of fused-ring (bicyclic) bond motifs is 2. The topological polar surface area (TPSA) is 147 Å². The quantitative estimate of drug-likeness (QED) is 0.205. The summed E-state index contributed by atoms with van der Waals surface area (Å²) in [7, 11) is 0. The average molecular weight is 565 g/mol. The molecule has 5 amide bonds. The maximum absolute atomic E-state index is 13.2. The van der Waals surface area contributed by atoms with E-state index in [0.29, 0.717) is 10.7 Å². The molecule has 0 spiro atoms. The van der Waals surface area contributed by atoms with Crippen LogP contribution in [0.3, 0.4) is 0 Å². The normalized spacial score (nSPS) is 13.9. The van der Waals surface area contributed by atoms with Crippen molar-refractivity contribution in [3.05, 3.63) is 129 Å². The zero-order valence-electron chi connectivity index (χ0n) is 20.8. The molecule has 0 aliphatic carbocycles. The number of nitrogens with zero attached hydrogens (tertiary/aromatic N) is 3. The predicted molar refractivity (Wildman–Crippen MR) is 146 cm³/mol. The molecule has 0 saturated carbocycles. The van der Waals surface area contributed by atoms with Crippen LogP contribution in [0.15, 0.2) is 101 Å². The average Bonchev–Trinajstić information content (AvgIpc) is 3.38. The number of nitro benzene ring substituents is 1. The molecule has 0 aromatic heterocycles. The van der Waals surface area contributed by atoms with Gasteiger partial charge in [0, 0.05) is 27.5 Å². The Morgan fingerprint density at radius 3 is 1.80 bits per heavy atom. The smallest absolute Gasteiger partial charge is 0.268 e. The molecule has 1 N–H and O–H groups in total. The van der Waals surface area contributed by atoms with Crippen molar-refractivity contribution in [2.75, 3.05) is 4.90 Å². The minimum absolute atomic E-state index is 0.00865. The Balaban J connectivity index is 1.18. The van der Waals surface area contributed by atoms with Crippen molar-refractivity contribution in [3.63, 3.8) is 0 Å². The fraction of sp³-hybridized carbons (Fsp3) is 0. The summed E-state index contributed by atoms with van der Waals surface area (Å²) >= 11 is 1.36. The molecule has 12 heteroatoms. The lowest BCUT2D eigenvalue weighted by molar-refractivity contribution is -0.384. The zero-order chi connectivity index (χ0) is 28.8. The number of carbonyl (C=O) groups excluding carboxylic acids is 5. The standard InChI is InChI=1S/C29H16N4O7S/c34-25(30-32-28(37)21-3-1-2-4-22(21)29(32)38)16-5-14-23-24(15-16)27(36)31(26(23)35)17-6-10-19(11-7-17)41-20-12-8-18(9-13-20)33(39)40/h1-15H,(H,30,34). The van der Waals surface area contributed by atoms with Crippen molar-refractivity contribution >= 4 is 52.7 Å². The molecule has 0 unspecified atom stereocenters. The van der Waals surface area contributed by atoms with Gasteiger partial charge in [-0.15, -0.1) is 0 Å². The maximum atomic E-state index is 13.2. The molecule has 0 saturated heterocycles. The van der Waals surface area contributed by atoms with E-state index in [9.17, 15) is 34.1 Å². The Bertz CT molecular complexity index is 1790. The molecule has 0 atom stereocenters. The molecule has 4 aromatic carbocycles. The lowest BCUT2D eigenvalue weighted by Crippen LogP contribution is -2.45. The van der Waals surface area contributed by atoms with Crippen LogP contribution in [0.25, 0.3) is 0 Å². The Morgan fingerprint density at radius 2 is 1.22 bits per heavy atom. The van der Waals surface area contributed by atoms with Gasteiger partial charge in [0.15, 0.2) is 0 Å². The second-order valence-corrected chi connectivity index (χ2v) is 10.1. The lowest BCUT2D eigenvalue weighted by atomic mass is 10.1. The van der Waals surface area contributed by atoms with Crippen LogP contribution in [0, 0.1) is 10.1 Å². The third-order valence-electron chi connectivity index (χ3n) is 6.53. The van der Waals surface area contributed by atoms with Crippen LogP contribution >= 0.6 is 11.8 Å². The zero-order valence-corrected chi connectivity index (χ0v) is 21.6. The SMILES string of the molecule is O=C(NN1C(=O)c2ccccc2C1=O)c1ccc2c(c1)C(=O)N(c1ccc(Sc3ccc([N+](=O)[O-])cc3)cc1)C2=O. The molecule has 2 aliphatic heterocycles. The number of hydrazine groups is 1. The summed E-state index contributed by atoms with van der Waals surface area (Å²) in [6, 6.07) is 22.8. The first kappa shape index (κ1) is 25.6. The van der Waals surface area contributed by atoms with Gasteiger partial charge in [0.05, 0.1) is 32.9 Å². The van der Waals surface area contributed by atoms with Gasteiger partial charge in [0.25, 0.3) is 35.2 Å². The van der Waals surface area contributed by atoms with Gasteiger partial charge in [0.1, 0.15) is 0 Å². The van der Waals surface area contributed by atoms with Gasteiger partial charge in [-0.2, -0.15) is 5.01 Å². The second kappa shape index (κ2) is 9.84. The fourth-order valence-electron chi connectivity index (χ4n) is 4.51. The van der Waals surface area contributed by atoms with Gasteiger partial charge < -0.3 is 0 Å². The molecule has 2 aliphatic rings. The number of carbonyl (C=O) groups is 5. The summed E-state index contributed by atoms with van der Waals surface area (Å²) in [5.41, 5.74) is 3.03. The maximum Gasteiger partial charge on any atom is 0.280 e. The molecule has 11 nitrogen and oxygen atoms in total. The highest BCUT2D eigenvalue weighted by atomic mass is 32.2. The third kappa shape index (κ3) is 4.41. The minimum Gasteiger partial charge on any atom is -0.268 e. The third-order valence-corrected chi connectivity index (χ3v) is 7.55. The van der Waals surface area contributed by atoms with E-state index >= 15 is 0 Å².